The minimum atomic E-state index is 0.375. The molecule has 0 saturated heterocycles. The second-order valence-electron chi connectivity index (χ2n) is 3.79. The van der Waals surface area contributed by atoms with Crippen molar-refractivity contribution in [1.82, 2.24) is 14.9 Å². The van der Waals surface area contributed by atoms with E-state index in [1.165, 1.54) is 11.3 Å². The van der Waals surface area contributed by atoms with Crippen LogP contribution in [0.2, 0.25) is 0 Å². The van der Waals surface area contributed by atoms with Gasteiger partial charge >= 0.3 is 0 Å². The Morgan fingerprint density at radius 2 is 2.29 bits per heavy atom. The van der Waals surface area contributed by atoms with Crippen LogP contribution in [0.4, 0.5) is 5.95 Å². The summed E-state index contributed by atoms with van der Waals surface area (Å²) in [5.41, 5.74) is 2.44. The Labute approximate surface area is 103 Å². The summed E-state index contributed by atoms with van der Waals surface area (Å²) in [4.78, 5) is 11.4. The lowest BCUT2D eigenvalue weighted by Crippen LogP contribution is -2.20. The van der Waals surface area contributed by atoms with Crippen molar-refractivity contribution in [1.29, 1.82) is 0 Å². The van der Waals surface area contributed by atoms with Gasteiger partial charge in [0.25, 0.3) is 0 Å². The topological polar surface area (TPSA) is 76.3 Å². The number of hydrazine groups is 1. The van der Waals surface area contributed by atoms with Gasteiger partial charge in [-0.1, -0.05) is 0 Å². The predicted octanol–water partition coefficient (Wildman–Crippen LogP) is 0.917. The van der Waals surface area contributed by atoms with E-state index < -0.39 is 0 Å². The van der Waals surface area contributed by atoms with Gasteiger partial charge in [-0.25, -0.2) is 10.8 Å². The van der Waals surface area contributed by atoms with Gasteiger partial charge in [0.1, 0.15) is 11.4 Å². The molecule has 6 nitrogen and oxygen atoms in total. The fourth-order valence-corrected chi connectivity index (χ4v) is 2.08. The van der Waals surface area contributed by atoms with E-state index >= 15 is 0 Å². The molecule has 3 N–H and O–H groups in total. The Kier molecular flexibility index (Phi) is 3.72. The van der Waals surface area contributed by atoms with Crippen LogP contribution in [0.1, 0.15) is 0 Å². The average Bonchev–Trinajstić information content (AvgIpc) is 2.76. The molecule has 0 aromatic carbocycles. The number of anilines is 1. The van der Waals surface area contributed by atoms with Gasteiger partial charge in [0.05, 0.1) is 5.39 Å². The van der Waals surface area contributed by atoms with E-state index in [1.54, 1.807) is 0 Å². The fraction of sp³-hybridized carbons (Fsp3) is 0.400. The number of hydrogen-bond donors (Lipinski definition) is 2. The first kappa shape index (κ1) is 12.0. The van der Waals surface area contributed by atoms with Crippen LogP contribution in [-0.4, -0.2) is 42.1 Å². The molecule has 2 heterocycles. The van der Waals surface area contributed by atoms with Gasteiger partial charge in [-0.15, -0.1) is 11.3 Å². The van der Waals surface area contributed by atoms with Crippen LogP contribution in [0.25, 0.3) is 10.2 Å². The van der Waals surface area contributed by atoms with E-state index in [0.717, 1.165) is 16.8 Å². The summed E-state index contributed by atoms with van der Waals surface area (Å²) >= 11 is 1.53. The lowest BCUT2D eigenvalue weighted by molar-refractivity contribution is 0.256. The van der Waals surface area contributed by atoms with Crippen LogP contribution >= 0.6 is 11.3 Å². The smallest absolute Gasteiger partial charge is 0.241 e. The highest BCUT2D eigenvalue weighted by atomic mass is 32.1. The van der Waals surface area contributed by atoms with E-state index in [9.17, 15) is 0 Å². The second-order valence-corrected chi connectivity index (χ2v) is 4.68. The number of ether oxygens (including phenoxy) is 1. The van der Waals surface area contributed by atoms with Gasteiger partial charge in [-0.2, -0.15) is 4.98 Å². The van der Waals surface area contributed by atoms with Crippen molar-refractivity contribution >= 4 is 27.5 Å². The van der Waals surface area contributed by atoms with Gasteiger partial charge in [0.2, 0.25) is 11.8 Å². The third kappa shape index (κ3) is 2.82. The van der Waals surface area contributed by atoms with Crippen LogP contribution in [0.5, 0.6) is 5.88 Å². The zero-order valence-corrected chi connectivity index (χ0v) is 10.6. The average molecular weight is 253 g/mol. The molecule has 2 aromatic heterocycles. The maximum absolute atomic E-state index is 5.65. The van der Waals surface area contributed by atoms with Crippen molar-refractivity contribution in [3.8, 4) is 5.88 Å². The highest BCUT2D eigenvalue weighted by molar-refractivity contribution is 7.16. The molecule has 0 aliphatic carbocycles. The molecule has 7 heteroatoms. The third-order valence-corrected chi connectivity index (χ3v) is 3.00. The highest BCUT2D eigenvalue weighted by Crippen LogP contribution is 2.27. The maximum atomic E-state index is 5.65. The number of nitrogens with zero attached hydrogens (tertiary/aromatic N) is 3. The summed E-state index contributed by atoms with van der Waals surface area (Å²) < 4.78 is 5.65. The zero-order chi connectivity index (χ0) is 12.3. The van der Waals surface area contributed by atoms with Gasteiger partial charge in [0, 0.05) is 6.54 Å². The molecular formula is C10H15N5OS. The molecule has 0 bridgehead atoms. The van der Waals surface area contributed by atoms with Crippen molar-refractivity contribution < 1.29 is 4.74 Å². The first-order valence-electron chi connectivity index (χ1n) is 5.20. The van der Waals surface area contributed by atoms with Crippen molar-refractivity contribution in [2.45, 2.75) is 0 Å². The zero-order valence-electron chi connectivity index (χ0n) is 9.80. The standard InChI is InChI=1S/C10H15N5OS/c1-15(2)4-5-16-8-7-3-6-17-9(7)13-10(12-8)14-11/h3,6H,4-5,11H2,1-2H3,(H,12,13,14). The number of hydrogen-bond acceptors (Lipinski definition) is 7. The van der Waals surface area contributed by atoms with Crippen molar-refractivity contribution in [2.24, 2.45) is 5.84 Å². The first-order valence-corrected chi connectivity index (χ1v) is 6.08. The quantitative estimate of drug-likeness (QED) is 0.609. The molecular weight excluding hydrogens is 238 g/mol. The molecule has 0 unspecified atom stereocenters. The van der Waals surface area contributed by atoms with Gasteiger partial charge < -0.3 is 9.64 Å². The Morgan fingerprint density at radius 3 is 3.00 bits per heavy atom. The van der Waals surface area contributed by atoms with Crippen LogP contribution in [0.3, 0.4) is 0 Å². The van der Waals surface area contributed by atoms with Crippen LogP contribution < -0.4 is 16.0 Å². The minimum absolute atomic E-state index is 0.375. The number of nitrogens with one attached hydrogen (secondary N) is 1. The predicted molar refractivity (Wildman–Crippen MR) is 69.3 cm³/mol. The van der Waals surface area contributed by atoms with Gasteiger partial charge in [-0.3, -0.25) is 5.43 Å². The van der Waals surface area contributed by atoms with Crippen LogP contribution in [0.15, 0.2) is 11.4 Å². The van der Waals surface area contributed by atoms with E-state index in [2.05, 4.69) is 15.4 Å². The van der Waals surface area contributed by atoms with E-state index in [-0.39, 0.29) is 0 Å². The summed E-state index contributed by atoms with van der Waals surface area (Å²) in [7, 11) is 3.99. The number of nitrogen functional groups attached to an aromatic ring is 1. The van der Waals surface area contributed by atoms with E-state index in [1.807, 2.05) is 30.4 Å². The number of rotatable bonds is 5. The summed E-state index contributed by atoms with van der Waals surface area (Å²) in [5, 5.41) is 2.88. The molecule has 17 heavy (non-hydrogen) atoms. The summed E-state index contributed by atoms with van der Waals surface area (Å²) in [6.07, 6.45) is 0. The molecule has 0 amide bonds. The molecule has 2 aromatic rings. The van der Waals surface area contributed by atoms with Crippen LogP contribution in [0, 0.1) is 0 Å². The molecule has 0 saturated carbocycles. The molecule has 0 aliphatic heterocycles. The Bertz CT molecular complexity index is 498. The van der Waals surface area contributed by atoms with Gasteiger partial charge in [-0.05, 0) is 25.5 Å². The Balaban J connectivity index is 2.21. The molecule has 0 fully saturated rings. The summed E-state index contributed by atoms with van der Waals surface area (Å²) in [6.45, 7) is 1.42. The molecule has 0 spiro atoms. The number of thiophene rings is 1. The first-order chi connectivity index (χ1) is 8.20. The molecule has 0 atom stereocenters. The monoisotopic (exact) mass is 253 g/mol. The molecule has 0 aliphatic rings. The van der Waals surface area contributed by atoms with Crippen molar-refractivity contribution in [3.05, 3.63) is 11.4 Å². The normalized spacial score (nSPS) is 11.1. The third-order valence-electron chi connectivity index (χ3n) is 2.20. The van der Waals surface area contributed by atoms with Gasteiger partial charge in [0.15, 0.2) is 0 Å². The van der Waals surface area contributed by atoms with E-state index in [4.69, 9.17) is 10.6 Å². The van der Waals surface area contributed by atoms with Crippen molar-refractivity contribution in [2.75, 3.05) is 32.7 Å². The Hall–Kier alpha value is -1.44. The fourth-order valence-electron chi connectivity index (χ4n) is 1.33. The Morgan fingerprint density at radius 1 is 1.47 bits per heavy atom. The number of aromatic nitrogens is 2. The summed E-state index contributed by atoms with van der Waals surface area (Å²) in [5.74, 6) is 6.27. The number of likely N-dealkylation sites (N-methyl/N-ethyl adjacent to an activating group) is 1. The second kappa shape index (κ2) is 5.26. The molecule has 0 radical (unpaired) electrons. The lowest BCUT2D eigenvalue weighted by atomic mass is 10.4. The largest absolute Gasteiger partial charge is 0.476 e. The molecule has 92 valence electrons. The number of fused-ring (bicyclic) bond motifs is 1. The molecule has 2 rings (SSSR count). The highest BCUT2D eigenvalue weighted by Gasteiger charge is 2.09. The summed E-state index contributed by atoms with van der Waals surface area (Å²) in [6, 6.07) is 1.95. The number of nitrogens with two attached hydrogens (primary N) is 1. The minimum Gasteiger partial charge on any atom is -0.476 e. The van der Waals surface area contributed by atoms with Crippen LogP contribution in [-0.2, 0) is 0 Å². The van der Waals surface area contributed by atoms with E-state index in [0.29, 0.717) is 18.4 Å². The maximum Gasteiger partial charge on any atom is 0.241 e. The van der Waals surface area contributed by atoms with Crippen molar-refractivity contribution in [3.63, 3.8) is 0 Å². The lowest BCUT2D eigenvalue weighted by Gasteiger charge is -2.11. The SMILES string of the molecule is CN(C)CCOc1nc(NN)nc2sccc12.